The van der Waals surface area contributed by atoms with Crippen molar-refractivity contribution in [2.45, 2.75) is 101 Å². The van der Waals surface area contributed by atoms with Crippen LogP contribution in [0.15, 0.2) is 61.2 Å². The summed E-state index contributed by atoms with van der Waals surface area (Å²) in [5.41, 5.74) is 4.96. The minimum absolute atomic E-state index is 0.0762. The summed E-state index contributed by atoms with van der Waals surface area (Å²) in [6, 6.07) is 17.2. The number of nitrogens with zero attached hydrogens (tertiary/aromatic N) is 1. The van der Waals surface area contributed by atoms with Gasteiger partial charge in [0.05, 0.1) is 0 Å². The summed E-state index contributed by atoms with van der Waals surface area (Å²) >= 11 is 0. The number of ether oxygens (including phenoxy) is 1. The van der Waals surface area contributed by atoms with Gasteiger partial charge in [0.1, 0.15) is 12.4 Å². The van der Waals surface area contributed by atoms with Gasteiger partial charge < -0.3 is 9.64 Å². The van der Waals surface area contributed by atoms with Crippen molar-refractivity contribution in [2.24, 2.45) is 5.92 Å². The van der Waals surface area contributed by atoms with Crippen LogP contribution in [0.5, 0.6) is 0 Å². The van der Waals surface area contributed by atoms with E-state index in [0.29, 0.717) is 18.8 Å². The zero-order valence-electron chi connectivity index (χ0n) is 22.8. The van der Waals surface area contributed by atoms with E-state index in [4.69, 9.17) is 4.74 Å². The van der Waals surface area contributed by atoms with E-state index in [1.165, 1.54) is 47.9 Å². The number of hydrogen-bond donors (Lipinski definition) is 0. The molecule has 2 unspecified atom stereocenters. The number of piperidine rings is 2. The molecule has 0 N–H and O–H groups in total. The number of carbonyl (C=O) groups is 2. The van der Waals surface area contributed by atoms with Crippen molar-refractivity contribution in [1.29, 1.82) is 0 Å². The van der Waals surface area contributed by atoms with E-state index in [9.17, 15) is 9.59 Å². The summed E-state index contributed by atoms with van der Waals surface area (Å²) < 4.78 is 6.03. The van der Waals surface area contributed by atoms with E-state index >= 15 is 0 Å². The van der Waals surface area contributed by atoms with E-state index in [1.54, 1.807) is 0 Å². The monoisotopic (exact) mass is 513 g/mol. The smallest absolute Gasteiger partial charge is 0.410 e. The lowest BCUT2D eigenvalue weighted by atomic mass is 9.76. The van der Waals surface area contributed by atoms with Crippen molar-refractivity contribution in [2.75, 3.05) is 6.61 Å². The Hall–Kier alpha value is -2.88. The van der Waals surface area contributed by atoms with Crippen molar-refractivity contribution in [3.8, 4) is 11.1 Å². The van der Waals surface area contributed by atoms with Gasteiger partial charge in [-0.1, -0.05) is 80.3 Å². The lowest BCUT2D eigenvalue weighted by molar-refractivity contribution is -0.126. The fraction of sp³-hybridized carbons (Fsp3) is 0.529. The van der Waals surface area contributed by atoms with Gasteiger partial charge in [-0.2, -0.15) is 0 Å². The van der Waals surface area contributed by atoms with E-state index in [2.05, 4.69) is 55.1 Å². The molecule has 0 aromatic heterocycles. The Balaban J connectivity index is 1.12. The van der Waals surface area contributed by atoms with Gasteiger partial charge in [0.15, 0.2) is 0 Å². The standard InChI is InChI=1S/C34H43NO3/c1-2-3-4-5-6-7-8-9-21-33(36)25-22-26-15-14-16-27(23-25)35(26)34(37)38-24-32-30-19-12-10-17-28(30)29-18-11-13-20-31(29)32/h2,10-13,17-20,25-27,32H,1,3-9,14-16,21-24H2. The first-order valence-corrected chi connectivity index (χ1v) is 14.9. The lowest BCUT2D eigenvalue weighted by Gasteiger charge is -2.47. The molecule has 2 fully saturated rings. The quantitative estimate of drug-likeness (QED) is 0.211. The molecule has 3 aliphatic rings. The number of ketones is 1. The molecule has 202 valence electrons. The number of fused-ring (bicyclic) bond motifs is 5. The molecule has 0 spiro atoms. The minimum Gasteiger partial charge on any atom is -0.448 e. The van der Waals surface area contributed by atoms with Gasteiger partial charge in [0.2, 0.25) is 0 Å². The number of amides is 1. The van der Waals surface area contributed by atoms with Crippen LogP contribution in [0.3, 0.4) is 0 Å². The van der Waals surface area contributed by atoms with Gasteiger partial charge in [-0.15, -0.1) is 6.58 Å². The van der Waals surface area contributed by atoms with Gasteiger partial charge in [0, 0.05) is 30.3 Å². The number of hydrogen-bond acceptors (Lipinski definition) is 3. The molecule has 38 heavy (non-hydrogen) atoms. The minimum atomic E-state index is -0.191. The van der Waals surface area contributed by atoms with Crippen molar-refractivity contribution in [3.05, 3.63) is 72.3 Å². The first kappa shape index (κ1) is 26.7. The van der Waals surface area contributed by atoms with E-state index in [-0.39, 0.29) is 30.0 Å². The third-order valence-electron chi connectivity index (χ3n) is 9.06. The van der Waals surface area contributed by atoms with E-state index in [1.807, 2.05) is 11.0 Å². The molecule has 2 bridgehead atoms. The first-order valence-electron chi connectivity index (χ1n) is 14.9. The molecule has 4 nitrogen and oxygen atoms in total. The highest BCUT2D eigenvalue weighted by molar-refractivity contribution is 5.82. The molecule has 0 radical (unpaired) electrons. The zero-order chi connectivity index (χ0) is 26.3. The lowest BCUT2D eigenvalue weighted by Crippen LogP contribution is -2.55. The van der Waals surface area contributed by atoms with Crippen LogP contribution in [0.1, 0.15) is 101 Å². The zero-order valence-corrected chi connectivity index (χ0v) is 22.8. The Morgan fingerprint density at radius 2 is 1.42 bits per heavy atom. The molecule has 4 heteroatoms. The molecule has 2 aromatic carbocycles. The maximum absolute atomic E-state index is 13.4. The second kappa shape index (κ2) is 12.8. The van der Waals surface area contributed by atoms with Crippen LogP contribution in [0.2, 0.25) is 0 Å². The molecular weight excluding hydrogens is 470 g/mol. The summed E-state index contributed by atoms with van der Waals surface area (Å²) in [6.45, 7) is 4.14. The number of rotatable bonds is 12. The van der Waals surface area contributed by atoms with Crippen LogP contribution < -0.4 is 0 Å². The van der Waals surface area contributed by atoms with Crippen LogP contribution in [0.4, 0.5) is 4.79 Å². The van der Waals surface area contributed by atoms with Gasteiger partial charge in [-0.3, -0.25) is 4.79 Å². The second-order valence-corrected chi connectivity index (χ2v) is 11.5. The largest absolute Gasteiger partial charge is 0.448 e. The Morgan fingerprint density at radius 3 is 2.05 bits per heavy atom. The van der Waals surface area contributed by atoms with E-state index in [0.717, 1.165) is 51.4 Å². The van der Waals surface area contributed by atoms with Crippen LogP contribution in [-0.4, -0.2) is 35.5 Å². The molecule has 2 aromatic rings. The molecule has 2 atom stereocenters. The normalized spacial score (nSPS) is 22.0. The van der Waals surface area contributed by atoms with Crippen molar-refractivity contribution < 1.29 is 14.3 Å². The third-order valence-corrected chi connectivity index (χ3v) is 9.06. The topological polar surface area (TPSA) is 46.6 Å². The summed E-state index contributed by atoms with van der Waals surface area (Å²) in [7, 11) is 0. The van der Waals surface area contributed by atoms with Crippen LogP contribution in [-0.2, 0) is 9.53 Å². The Morgan fingerprint density at radius 1 is 0.842 bits per heavy atom. The number of Topliss-reactive ketones (excluding diaryl/α,β-unsaturated/α-hetero) is 1. The average molecular weight is 514 g/mol. The Bertz CT molecular complexity index is 1060. The van der Waals surface area contributed by atoms with Crippen molar-refractivity contribution in [3.63, 3.8) is 0 Å². The molecule has 2 aliphatic heterocycles. The highest BCUT2D eigenvalue weighted by Crippen LogP contribution is 2.45. The second-order valence-electron chi connectivity index (χ2n) is 11.5. The number of carbonyl (C=O) groups excluding carboxylic acids is 2. The number of unbranched alkanes of at least 4 members (excludes halogenated alkanes) is 6. The third kappa shape index (κ3) is 5.90. The first-order chi connectivity index (χ1) is 18.7. The summed E-state index contributed by atoms with van der Waals surface area (Å²) in [6.07, 6.45) is 15.4. The summed E-state index contributed by atoms with van der Waals surface area (Å²) in [4.78, 5) is 28.5. The van der Waals surface area contributed by atoms with Crippen LogP contribution in [0, 0.1) is 5.92 Å². The maximum Gasteiger partial charge on any atom is 0.410 e. The fourth-order valence-electron chi connectivity index (χ4n) is 7.11. The van der Waals surface area contributed by atoms with Crippen LogP contribution >= 0.6 is 0 Å². The van der Waals surface area contributed by atoms with Gasteiger partial charge in [-0.05, 0) is 73.6 Å². The van der Waals surface area contributed by atoms with Gasteiger partial charge >= 0.3 is 6.09 Å². The Kier molecular flexibility index (Phi) is 8.98. The fourth-order valence-corrected chi connectivity index (χ4v) is 7.11. The maximum atomic E-state index is 13.4. The van der Waals surface area contributed by atoms with Crippen LogP contribution in [0.25, 0.3) is 11.1 Å². The Labute approximate surface area is 228 Å². The van der Waals surface area contributed by atoms with E-state index < -0.39 is 0 Å². The molecule has 5 rings (SSSR count). The van der Waals surface area contributed by atoms with Crippen molar-refractivity contribution in [1.82, 2.24) is 4.90 Å². The molecule has 2 saturated heterocycles. The highest BCUT2D eigenvalue weighted by Gasteiger charge is 2.43. The number of benzene rings is 2. The van der Waals surface area contributed by atoms with Gasteiger partial charge in [0.25, 0.3) is 0 Å². The summed E-state index contributed by atoms with van der Waals surface area (Å²) in [5.74, 6) is 0.601. The molecule has 1 amide bonds. The average Bonchev–Trinajstić information content (AvgIpc) is 3.26. The SMILES string of the molecule is C=CCCCCCCCCC(=O)C1CC2CCCC(C1)N2C(=O)OCC1c2ccccc2-c2ccccc21. The predicted octanol–water partition coefficient (Wildman–Crippen LogP) is 8.44. The molecule has 2 heterocycles. The van der Waals surface area contributed by atoms with Gasteiger partial charge in [-0.25, -0.2) is 4.79 Å². The predicted molar refractivity (Wildman–Crippen MR) is 153 cm³/mol. The molecule has 0 saturated carbocycles. The molecular formula is C34H43NO3. The number of allylic oxidation sites excluding steroid dienone is 1. The molecule has 1 aliphatic carbocycles. The summed E-state index contributed by atoms with van der Waals surface area (Å²) in [5, 5.41) is 0. The highest BCUT2D eigenvalue weighted by atomic mass is 16.6. The van der Waals surface area contributed by atoms with Crippen molar-refractivity contribution >= 4 is 11.9 Å².